The Hall–Kier alpha value is -4.75. The van der Waals surface area contributed by atoms with Gasteiger partial charge in [0.05, 0.1) is 6.04 Å². The molecule has 1 aliphatic heterocycles. The van der Waals surface area contributed by atoms with Crippen molar-refractivity contribution in [3.63, 3.8) is 0 Å². The summed E-state index contributed by atoms with van der Waals surface area (Å²) >= 11 is 0. The third-order valence-corrected chi connectivity index (χ3v) is 8.10. The number of unbranched alkanes of at least 4 members (excludes halogenated alkanes) is 2. The van der Waals surface area contributed by atoms with Gasteiger partial charge in [-0.15, -0.1) is 0 Å². The maximum Gasteiger partial charge on any atom is 0.407 e. The molecule has 1 aliphatic rings. The predicted octanol–water partition coefficient (Wildman–Crippen LogP) is 3.94. The molecule has 14 nitrogen and oxygen atoms in total. The number of rotatable bonds is 21. The fourth-order valence-electron chi connectivity index (χ4n) is 5.17. The number of amides is 7. The van der Waals surface area contributed by atoms with Crippen LogP contribution in [0, 0.1) is 17.3 Å². The second kappa shape index (κ2) is 20.7. The highest BCUT2D eigenvalue weighted by Crippen LogP contribution is 2.20. The van der Waals surface area contributed by atoms with Gasteiger partial charge in [-0.3, -0.25) is 28.9 Å². The van der Waals surface area contributed by atoms with E-state index in [1.807, 2.05) is 13.8 Å². The van der Waals surface area contributed by atoms with Crippen molar-refractivity contribution in [1.82, 2.24) is 20.9 Å². The molecular weight excluding hydrogens is 644 g/mol. The standard InChI is InChI=1S/C36H54N6O8/c1-24(2)32(41-29(44)11-7-6-8-21-42-30(45)16-17-31(42)46)28(43)22-26(10-9-19-38-34(37)48)33(47)40-27-14-12-25(13-15-27)23-50-35(49)39-20-18-36(3,4)5/h12-17,24,26,32H,6-11,18-23H2,1-5H3,(H,39,49)(H,40,47)(H,41,44)(H3,37,38,48)/t26-,32+/m1/s1. The van der Waals surface area contributed by atoms with E-state index >= 15 is 0 Å². The highest BCUT2D eigenvalue weighted by atomic mass is 16.5. The number of nitrogens with one attached hydrogen (secondary N) is 4. The minimum absolute atomic E-state index is 0.0558. The summed E-state index contributed by atoms with van der Waals surface area (Å²) in [6.07, 6.45) is 5.18. The lowest BCUT2D eigenvalue weighted by atomic mass is 9.89. The summed E-state index contributed by atoms with van der Waals surface area (Å²) in [6.45, 7) is 11.0. The Balaban J connectivity index is 1.92. The number of alkyl carbamates (subject to hydrolysis) is 1. The number of nitrogens with two attached hydrogens (primary N) is 1. The molecule has 14 heteroatoms. The lowest BCUT2D eigenvalue weighted by molar-refractivity contribution is -0.137. The highest BCUT2D eigenvalue weighted by molar-refractivity contribution is 6.12. The van der Waals surface area contributed by atoms with E-state index in [2.05, 4.69) is 42.0 Å². The van der Waals surface area contributed by atoms with E-state index in [9.17, 15) is 33.6 Å². The summed E-state index contributed by atoms with van der Waals surface area (Å²) in [7, 11) is 0. The number of carbonyl (C=O) groups excluding carboxylic acids is 7. The van der Waals surface area contributed by atoms with E-state index in [0.717, 1.165) is 16.9 Å². The molecule has 1 aromatic carbocycles. The van der Waals surface area contributed by atoms with Crippen molar-refractivity contribution in [2.45, 2.75) is 98.6 Å². The molecule has 0 aliphatic carbocycles. The van der Waals surface area contributed by atoms with Gasteiger partial charge in [-0.2, -0.15) is 0 Å². The van der Waals surface area contributed by atoms with Crippen LogP contribution in [0.15, 0.2) is 36.4 Å². The molecule has 50 heavy (non-hydrogen) atoms. The second-order valence-electron chi connectivity index (χ2n) is 14.1. The lowest BCUT2D eigenvalue weighted by Crippen LogP contribution is -2.45. The van der Waals surface area contributed by atoms with E-state index in [4.69, 9.17) is 10.5 Å². The first kappa shape index (κ1) is 41.4. The number of nitrogens with zero attached hydrogens (tertiary/aromatic N) is 1. The number of ketones is 1. The lowest BCUT2D eigenvalue weighted by Gasteiger charge is -2.24. The van der Waals surface area contributed by atoms with E-state index in [0.29, 0.717) is 37.9 Å². The third kappa shape index (κ3) is 16.1. The maximum atomic E-state index is 13.5. The molecule has 0 radical (unpaired) electrons. The van der Waals surface area contributed by atoms with Crippen molar-refractivity contribution in [3.8, 4) is 0 Å². The van der Waals surface area contributed by atoms with Crippen LogP contribution in [0.3, 0.4) is 0 Å². The molecule has 1 heterocycles. The Kier molecular flexibility index (Phi) is 17.1. The number of urea groups is 1. The van der Waals surface area contributed by atoms with E-state index in [-0.39, 0.29) is 73.8 Å². The third-order valence-electron chi connectivity index (χ3n) is 8.10. The number of anilines is 1. The number of hydrogen-bond donors (Lipinski definition) is 5. The molecule has 2 rings (SSSR count). The fraction of sp³-hybridized carbons (Fsp3) is 0.583. The zero-order valence-electron chi connectivity index (χ0n) is 30.0. The van der Waals surface area contributed by atoms with Gasteiger partial charge in [-0.05, 0) is 61.1 Å². The quantitative estimate of drug-likeness (QED) is 0.0937. The number of Topliss-reactive ketones (excluding diaryl/α,β-unsaturated/α-hetero) is 1. The molecule has 0 fully saturated rings. The minimum Gasteiger partial charge on any atom is -0.445 e. The average Bonchev–Trinajstić information content (AvgIpc) is 3.35. The summed E-state index contributed by atoms with van der Waals surface area (Å²) < 4.78 is 5.28. The van der Waals surface area contributed by atoms with Crippen molar-refractivity contribution in [2.24, 2.45) is 23.0 Å². The van der Waals surface area contributed by atoms with Gasteiger partial charge in [-0.25, -0.2) is 9.59 Å². The van der Waals surface area contributed by atoms with Crippen LogP contribution in [0.1, 0.15) is 91.5 Å². The summed E-state index contributed by atoms with van der Waals surface area (Å²) in [5, 5.41) is 10.9. The fourth-order valence-corrected chi connectivity index (χ4v) is 5.17. The Morgan fingerprint density at radius 1 is 0.880 bits per heavy atom. The normalized spacial score (nSPS) is 13.9. The molecule has 1 aromatic rings. The van der Waals surface area contributed by atoms with Crippen LogP contribution in [0.2, 0.25) is 0 Å². The molecule has 276 valence electrons. The van der Waals surface area contributed by atoms with E-state index < -0.39 is 30.0 Å². The molecule has 0 aromatic heterocycles. The van der Waals surface area contributed by atoms with Crippen LogP contribution in [0.5, 0.6) is 0 Å². The number of benzene rings is 1. The van der Waals surface area contributed by atoms with Crippen LogP contribution < -0.4 is 27.0 Å². The van der Waals surface area contributed by atoms with Gasteiger partial charge >= 0.3 is 12.1 Å². The molecule has 6 N–H and O–H groups in total. The van der Waals surface area contributed by atoms with Gasteiger partial charge in [0, 0.05) is 56.2 Å². The summed E-state index contributed by atoms with van der Waals surface area (Å²) in [6, 6.07) is 5.31. The Labute approximate surface area is 294 Å². The topological polar surface area (TPSA) is 206 Å². The van der Waals surface area contributed by atoms with Gasteiger partial charge in [0.15, 0.2) is 5.78 Å². The molecule has 0 saturated carbocycles. The molecule has 0 bridgehead atoms. The number of imide groups is 1. The Morgan fingerprint density at radius 3 is 2.14 bits per heavy atom. The smallest absolute Gasteiger partial charge is 0.407 e. The first-order valence-electron chi connectivity index (χ1n) is 17.2. The summed E-state index contributed by atoms with van der Waals surface area (Å²) in [5.74, 6) is -2.64. The Morgan fingerprint density at radius 2 is 1.54 bits per heavy atom. The molecular formula is C36H54N6O8. The number of hydrogen-bond acceptors (Lipinski definition) is 8. The van der Waals surface area contributed by atoms with E-state index in [1.54, 1.807) is 24.3 Å². The zero-order chi connectivity index (χ0) is 37.3. The van der Waals surface area contributed by atoms with Crippen molar-refractivity contribution in [2.75, 3.05) is 25.0 Å². The van der Waals surface area contributed by atoms with Crippen LogP contribution >= 0.6 is 0 Å². The van der Waals surface area contributed by atoms with Crippen LogP contribution in [-0.2, 0) is 35.3 Å². The SMILES string of the molecule is CC(C)[C@H](NC(=O)CCCCCN1C(=O)C=CC1=O)C(=O)C[C@@H](CCCNC(N)=O)C(=O)Nc1ccc(COC(=O)NCCC(C)(C)C)cc1. The van der Waals surface area contributed by atoms with Crippen molar-refractivity contribution >= 4 is 47.2 Å². The highest BCUT2D eigenvalue weighted by Gasteiger charge is 2.29. The number of primary amides is 1. The first-order chi connectivity index (χ1) is 23.6. The number of carbonyl (C=O) groups is 7. The predicted molar refractivity (Wildman–Crippen MR) is 188 cm³/mol. The van der Waals surface area contributed by atoms with Crippen LogP contribution in [-0.4, -0.2) is 72.1 Å². The van der Waals surface area contributed by atoms with Gasteiger partial charge < -0.3 is 31.7 Å². The van der Waals surface area contributed by atoms with E-state index in [1.165, 1.54) is 12.2 Å². The Bertz CT molecular complexity index is 1350. The molecule has 0 saturated heterocycles. The second-order valence-corrected chi connectivity index (χ2v) is 14.1. The van der Waals surface area contributed by atoms with Gasteiger partial charge in [0.2, 0.25) is 11.8 Å². The monoisotopic (exact) mass is 698 g/mol. The van der Waals surface area contributed by atoms with Crippen molar-refractivity contribution in [3.05, 3.63) is 42.0 Å². The summed E-state index contributed by atoms with van der Waals surface area (Å²) in [5.41, 5.74) is 6.47. The molecule has 7 amide bonds. The van der Waals surface area contributed by atoms with Crippen LogP contribution in [0.25, 0.3) is 0 Å². The van der Waals surface area contributed by atoms with Crippen molar-refractivity contribution < 1.29 is 38.3 Å². The van der Waals surface area contributed by atoms with Crippen LogP contribution in [0.4, 0.5) is 15.3 Å². The summed E-state index contributed by atoms with van der Waals surface area (Å²) in [4.78, 5) is 87.3. The molecule has 0 spiro atoms. The van der Waals surface area contributed by atoms with Crippen molar-refractivity contribution in [1.29, 1.82) is 0 Å². The van der Waals surface area contributed by atoms with Gasteiger partial charge in [-0.1, -0.05) is 53.2 Å². The van der Waals surface area contributed by atoms with Gasteiger partial charge in [0.25, 0.3) is 11.8 Å². The molecule has 0 unspecified atom stereocenters. The average molecular weight is 699 g/mol. The largest absolute Gasteiger partial charge is 0.445 e. The minimum atomic E-state index is -0.808. The number of ether oxygens (including phenoxy) is 1. The first-order valence-corrected chi connectivity index (χ1v) is 17.2. The zero-order valence-corrected chi connectivity index (χ0v) is 30.0. The maximum absolute atomic E-state index is 13.5. The van der Waals surface area contributed by atoms with Gasteiger partial charge in [0.1, 0.15) is 6.61 Å². The molecule has 2 atom stereocenters.